The van der Waals surface area contributed by atoms with Gasteiger partial charge >= 0.3 is 0 Å². The Morgan fingerprint density at radius 1 is 1.35 bits per heavy atom. The summed E-state index contributed by atoms with van der Waals surface area (Å²) >= 11 is 7.53. The number of nitrogens with zero attached hydrogens (tertiary/aromatic N) is 2. The first-order valence-corrected chi connectivity index (χ1v) is 6.13. The average Bonchev–Trinajstić information content (AvgIpc) is 2.35. The van der Waals surface area contributed by atoms with Crippen molar-refractivity contribution >= 4 is 29.3 Å². The highest BCUT2D eigenvalue weighted by molar-refractivity contribution is 7.99. The van der Waals surface area contributed by atoms with Gasteiger partial charge in [-0.1, -0.05) is 41.6 Å². The lowest BCUT2D eigenvalue weighted by Crippen LogP contribution is -2.10. The van der Waals surface area contributed by atoms with Crippen molar-refractivity contribution < 1.29 is 0 Å². The number of benzene rings is 1. The molecule has 0 aliphatic carbocycles. The van der Waals surface area contributed by atoms with Gasteiger partial charge in [0.05, 0.1) is 11.2 Å². The van der Waals surface area contributed by atoms with Gasteiger partial charge in [-0.15, -0.1) is 0 Å². The summed E-state index contributed by atoms with van der Waals surface area (Å²) in [7, 11) is 0. The number of nitrogens with one attached hydrogen (secondary N) is 1. The van der Waals surface area contributed by atoms with E-state index >= 15 is 0 Å². The molecule has 0 fully saturated rings. The summed E-state index contributed by atoms with van der Waals surface area (Å²) in [5.74, 6) is 5.62. The van der Waals surface area contributed by atoms with Crippen LogP contribution in [0, 0.1) is 6.92 Å². The molecule has 0 radical (unpaired) electrons. The van der Waals surface area contributed by atoms with Crippen molar-refractivity contribution in [1.29, 1.82) is 0 Å². The van der Waals surface area contributed by atoms with Gasteiger partial charge in [0, 0.05) is 4.90 Å². The van der Waals surface area contributed by atoms with Crippen molar-refractivity contribution in [2.45, 2.75) is 16.8 Å². The van der Waals surface area contributed by atoms with E-state index in [2.05, 4.69) is 15.4 Å². The summed E-state index contributed by atoms with van der Waals surface area (Å²) in [6.45, 7) is 2.04. The van der Waals surface area contributed by atoms with Crippen LogP contribution in [0.1, 0.15) is 5.56 Å². The molecule has 1 heterocycles. The number of hydrogen-bond donors (Lipinski definition) is 2. The van der Waals surface area contributed by atoms with E-state index in [0.717, 1.165) is 4.90 Å². The highest BCUT2D eigenvalue weighted by Crippen LogP contribution is 2.33. The zero-order valence-corrected chi connectivity index (χ0v) is 10.7. The predicted octanol–water partition coefficient (Wildman–Crippen LogP) is 2.88. The van der Waals surface area contributed by atoms with E-state index in [0.29, 0.717) is 16.0 Å². The lowest BCUT2D eigenvalue weighted by Gasteiger charge is -2.07. The quantitative estimate of drug-likeness (QED) is 0.508. The zero-order chi connectivity index (χ0) is 12.3. The fourth-order valence-electron chi connectivity index (χ4n) is 1.27. The second kappa shape index (κ2) is 5.35. The Morgan fingerprint density at radius 2 is 2.12 bits per heavy atom. The van der Waals surface area contributed by atoms with Gasteiger partial charge in [0.2, 0.25) is 5.95 Å². The van der Waals surface area contributed by atoms with Crippen LogP contribution in [0.4, 0.5) is 5.95 Å². The molecule has 3 N–H and O–H groups in total. The SMILES string of the molecule is Cc1ccccc1Sc1nc(NN)ncc1Cl. The number of hydrazine groups is 1. The van der Waals surface area contributed by atoms with Crippen LogP contribution in [-0.2, 0) is 0 Å². The van der Waals surface area contributed by atoms with Gasteiger partial charge in [-0.25, -0.2) is 15.8 Å². The molecule has 17 heavy (non-hydrogen) atoms. The number of hydrogen-bond acceptors (Lipinski definition) is 5. The third-order valence-corrected chi connectivity index (χ3v) is 3.71. The fraction of sp³-hybridized carbons (Fsp3) is 0.0909. The molecule has 0 spiro atoms. The van der Waals surface area contributed by atoms with Crippen molar-refractivity contribution in [3.8, 4) is 0 Å². The first-order chi connectivity index (χ1) is 8.20. The molecule has 2 aromatic rings. The monoisotopic (exact) mass is 266 g/mol. The summed E-state index contributed by atoms with van der Waals surface area (Å²) in [4.78, 5) is 9.25. The smallest absolute Gasteiger partial charge is 0.238 e. The van der Waals surface area contributed by atoms with Gasteiger partial charge in [-0.2, -0.15) is 0 Å². The van der Waals surface area contributed by atoms with E-state index in [1.165, 1.54) is 23.5 Å². The van der Waals surface area contributed by atoms with Crippen LogP contribution in [0.5, 0.6) is 0 Å². The molecule has 0 saturated carbocycles. The Labute approximate surface area is 109 Å². The van der Waals surface area contributed by atoms with Gasteiger partial charge in [0.15, 0.2) is 0 Å². The minimum Gasteiger partial charge on any atom is -0.292 e. The standard InChI is InChI=1S/C11H11ClN4S/c1-7-4-2-3-5-9(7)17-10-8(12)6-14-11(15-10)16-13/h2-6H,13H2,1H3,(H,14,15,16). The Balaban J connectivity index is 2.32. The molecule has 1 aromatic carbocycles. The number of anilines is 1. The lowest BCUT2D eigenvalue weighted by molar-refractivity contribution is 1.03. The number of aryl methyl sites for hydroxylation is 1. The van der Waals surface area contributed by atoms with Crippen LogP contribution in [0.25, 0.3) is 0 Å². The van der Waals surface area contributed by atoms with Crippen molar-refractivity contribution in [2.75, 3.05) is 5.43 Å². The number of halogens is 1. The molecule has 0 saturated heterocycles. The van der Waals surface area contributed by atoms with Gasteiger partial charge in [0.1, 0.15) is 5.03 Å². The third-order valence-electron chi connectivity index (χ3n) is 2.14. The minimum absolute atomic E-state index is 0.352. The molecule has 0 aliphatic rings. The molecule has 2 rings (SSSR count). The van der Waals surface area contributed by atoms with Gasteiger partial charge in [0.25, 0.3) is 0 Å². The highest BCUT2D eigenvalue weighted by Gasteiger charge is 2.08. The maximum Gasteiger partial charge on any atom is 0.238 e. The van der Waals surface area contributed by atoms with E-state index in [4.69, 9.17) is 17.4 Å². The van der Waals surface area contributed by atoms with Crippen LogP contribution < -0.4 is 11.3 Å². The second-order valence-electron chi connectivity index (χ2n) is 3.36. The van der Waals surface area contributed by atoms with E-state index in [9.17, 15) is 0 Å². The van der Waals surface area contributed by atoms with Crippen molar-refractivity contribution in [2.24, 2.45) is 5.84 Å². The first kappa shape index (κ1) is 12.2. The molecule has 0 amide bonds. The Hall–Kier alpha value is -1.30. The first-order valence-electron chi connectivity index (χ1n) is 4.93. The van der Waals surface area contributed by atoms with E-state index in [1.54, 1.807) is 0 Å². The molecule has 88 valence electrons. The summed E-state index contributed by atoms with van der Waals surface area (Å²) in [5.41, 5.74) is 3.58. The molecule has 0 aliphatic heterocycles. The largest absolute Gasteiger partial charge is 0.292 e. The molecule has 0 unspecified atom stereocenters. The lowest BCUT2D eigenvalue weighted by atomic mass is 10.2. The molecular weight excluding hydrogens is 256 g/mol. The maximum absolute atomic E-state index is 6.04. The van der Waals surface area contributed by atoms with E-state index in [1.807, 2.05) is 31.2 Å². The van der Waals surface area contributed by atoms with Crippen LogP contribution in [0.3, 0.4) is 0 Å². The summed E-state index contributed by atoms with van der Waals surface area (Å²) in [6.07, 6.45) is 1.53. The fourth-order valence-corrected chi connectivity index (χ4v) is 2.34. The molecule has 0 bridgehead atoms. The Kier molecular flexibility index (Phi) is 3.83. The van der Waals surface area contributed by atoms with Crippen LogP contribution >= 0.6 is 23.4 Å². The Morgan fingerprint density at radius 3 is 2.82 bits per heavy atom. The molecule has 4 nitrogen and oxygen atoms in total. The maximum atomic E-state index is 6.04. The molecular formula is C11H11ClN4S. The second-order valence-corrected chi connectivity index (χ2v) is 4.80. The molecule has 1 aromatic heterocycles. The van der Waals surface area contributed by atoms with Crippen LogP contribution in [-0.4, -0.2) is 9.97 Å². The predicted molar refractivity (Wildman–Crippen MR) is 70.2 cm³/mol. The van der Waals surface area contributed by atoms with Gasteiger partial charge in [-0.05, 0) is 18.6 Å². The van der Waals surface area contributed by atoms with E-state index < -0.39 is 0 Å². The number of rotatable bonds is 3. The number of aromatic nitrogens is 2. The minimum atomic E-state index is 0.352. The number of nitrogen functional groups attached to an aromatic ring is 1. The van der Waals surface area contributed by atoms with Gasteiger partial charge in [-0.3, -0.25) is 5.43 Å². The van der Waals surface area contributed by atoms with Crippen molar-refractivity contribution in [3.63, 3.8) is 0 Å². The zero-order valence-electron chi connectivity index (χ0n) is 9.14. The highest BCUT2D eigenvalue weighted by atomic mass is 35.5. The summed E-state index contributed by atoms with van der Waals surface area (Å²) in [6, 6.07) is 8.04. The van der Waals surface area contributed by atoms with Crippen molar-refractivity contribution in [3.05, 3.63) is 41.0 Å². The third kappa shape index (κ3) is 2.88. The summed E-state index contributed by atoms with van der Waals surface area (Å²) in [5, 5.41) is 1.20. The van der Waals surface area contributed by atoms with E-state index in [-0.39, 0.29) is 0 Å². The van der Waals surface area contributed by atoms with Crippen LogP contribution in [0.2, 0.25) is 5.02 Å². The summed E-state index contributed by atoms with van der Waals surface area (Å²) < 4.78 is 0. The normalized spacial score (nSPS) is 10.3. The van der Waals surface area contributed by atoms with Crippen molar-refractivity contribution in [1.82, 2.24) is 9.97 Å². The topological polar surface area (TPSA) is 63.8 Å². The van der Waals surface area contributed by atoms with Gasteiger partial charge < -0.3 is 0 Å². The number of nitrogens with two attached hydrogens (primary N) is 1. The molecule has 6 heteroatoms. The average molecular weight is 267 g/mol. The molecule has 0 atom stereocenters. The van der Waals surface area contributed by atoms with Crippen LogP contribution in [0.15, 0.2) is 40.4 Å². The Bertz CT molecular complexity index is 533.